The van der Waals surface area contributed by atoms with Crippen molar-refractivity contribution < 1.29 is 44.2 Å². The molecule has 8 rings (SSSR count). The Morgan fingerprint density at radius 2 is 1.38 bits per heavy atom. The Hall–Kier alpha value is -4.51. The van der Waals surface area contributed by atoms with E-state index in [0.717, 1.165) is 71.4 Å². The van der Waals surface area contributed by atoms with Crippen molar-refractivity contribution in [2.75, 3.05) is 105 Å². The number of aliphatic hydroxyl groups is 3. The largest absolute Gasteiger partial charge is 0.507 e. The fourth-order valence-electron chi connectivity index (χ4n) is 11.3. The SMILES string of the molecule is COCCOCCN1CCC(CCc2c(O)c3c(=O)cc(CO)c4c5c(CO)cc(NCC6CCN(CCOCCCO)CC6)c6c(=O)c(OC)c7c(c(c2C=C(C)C7C(C)=O)c34)c65)CC1. The van der Waals surface area contributed by atoms with Gasteiger partial charge in [0, 0.05) is 67.5 Å². The van der Waals surface area contributed by atoms with E-state index in [1.54, 1.807) is 13.2 Å². The lowest BCUT2D eigenvalue weighted by molar-refractivity contribution is -0.117. The smallest absolute Gasteiger partial charge is 0.230 e. The molecular weight excluding hydrogens is 843 g/mol. The van der Waals surface area contributed by atoms with Gasteiger partial charge in [-0.05, 0) is 147 Å². The lowest BCUT2D eigenvalue weighted by Crippen LogP contribution is -2.37. The molecule has 5 N–H and O–H groups in total. The van der Waals surface area contributed by atoms with Crippen molar-refractivity contribution in [1.82, 2.24) is 9.80 Å². The van der Waals surface area contributed by atoms with E-state index in [1.807, 2.05) is 13.0 Å². The van der Waals surface area contributed by atoms with E-state index in [0.29, 0.717) is 141 Å². The van der Waals surface area contributed by atoms with E-state index < -0.39 is 30.0 Å². The van der Waals surface area contributed by atoms with Crippen molar-refractivity contribution in [2.45, 2.75) is 77.9 Å². The maximum atomic E-state index is 15.2. The summed E-state index contributed by atoms with van der Waals surface area (Å²) in [6, 6.07) is 3.17. The Balaban J connectivity index is 1.26. The molecule has 2 aliphatic heterocycles. The third kappa shape index (κ3) is 9.11. The number of Topliss-reactive ketones (excluding diaryl/α,β-unsaturated/α-hetero) is 1. The van der Waals surface area contributed by atoms with E-state index in [-0.39, 0.29) is 29.3 Å². The zero-order chi connectivity index (χ0) is 46.6. The Bertz CT molecular complexity index is 2690. The molecule has 14 heteroatoms. The molecule has 356 valence electrons. The van der Waals surface area contributed by atoms with Gasteiger partial charge in [0.05, 0.1) is 63.4 Å². The first-order chi connectivity index (χ1) is 32.1. The number of carbonyl (C=O) groups excluding carboxylic acids is 1. The number of benzene rings is 5. The third-order valence-electron chi connectivity index (χ3n) is 14.7. The number of phenolic OH excluding ortho intramolecular Hbond substituents is 1. The second kappa shape index (κ2) is 21.2. The number of ketones is 1. The Kier molecular flexibility index (Phi) is 15.4. The molecule has 0 aromatic heterocycles. The van der Waals surface area contributed by atoms with Crippen LogP contribution in [0.4, 0.5) is 5.69 Å². The number of allylic oxidation sites excluding steroid dienone is 1. The van der Waals surface area contributed by atoms with Gasteiger partial charge in [-0.1, -0.05) is 11.6 Å². The highest BCUT2D eigenvalue weighted by atomic mass is 16.5. The summed E-state index contributed by atoms with van der Waals surface area (Å²) in [4.78, 5) is 48.4. The van der Waals surface area contributed by atoms with Crippen LogP contribution in [0.25, 0.3) is 49.2 Å². The molecule has 0 saturated carbocycles. The number of piperidine rings is 2. The molecule has 0 bridgehead atoms. The number of hydrogen-bond donors (Lipinski definition) is 5. The summed E-state index contributed by atoms with van der Waals surface area (Å²) in [6.45, 7) is 11.4. The lowest BCUT2D eigenvalue weighted by Gasteiger charge is -2.32. The van der Waals surface area contributed by atoms with Gasteiger partial charge >= 0.3 is 0 Å². The summed E-state index contributed by atoms with van der Waals surface area (Å²) < 4.78 is 22.6. The monoisotopic (exact) mass is 909 g/mol. The van der Waals surface area contributed by atoms with Crippen molar-refractivity contribution in [3.05, 3.63) is 66.0 Å². The molecule has 14 nitrogen and oxygen atoms in total. The zero-order valence-electron chi connectivity index (χ0n) is 39.1. The van der Waals surface area contributed by atoms with Crippen molar-refractivity contribution in [3.63, 3.8) is 0 Å². The summed E-state index contributed by atoms with van der Waals surface area (Å²) in [5.74, 6) is -0.466. The molecule has 0 amide bonds. The molecule has 2 heterocycles. The Morgan fingerprint density at radius 3 is 1.98 bits per heavy atom. The van der Waals surface area contributed by atoms with E-state index in [1.165, 1.54) is 20.1 Å². The Morgan fingerprint density at radius 1 is 0.758 bits per heavy atom. The topological polar surface area (TPSA) is 188 Å². The van der Waals surface area contributed by atoms with Crippen LogP contribution in [-0.2, 0) is 38.6 Å². The first-order valence-electron chi connectivity index (χ1n) is 23.9. The number of hydrogen-bond acceptors (Lipinski definition) is 14. The van der Waals surface area contributed by atoms with Gasteiger partial charge in [0.15, 0.2) is 11.2 Å². The number of methoxy groups -OCH3 is 2. The number of likely N-dealkylation sites (tertiary alicyclic amines) is 2. The quantitative estimate of drug-likeness (QED) is 0.0332. The van der Waals surface area contributed by atoms with Crippen LogP contribution in [0.15, 0.2) is 27.3 Å². The Labute approximate surface area is 385 Å². The minimum absolute atomic E-state index is 0.0429. The predicted molar refractivity (Wildman–Crippen MR) is 259 cm³/mol. The van der Waals surface area contributed by atoms with E-state index in [9.17, 15) is 24.9 Å². The van der Waals surface area contributed by atoms with Gasteiger partial charge in [-0.2, -0.15) is 0 Å². The maximum absolute atomic E-state index is 15.2. The summed E-state index contributed by atoms with van der Waals surface area (Å²) in [7, 11) is 3.11. The maximum Gasteiger partial charge on any atom is 0.230 e. The second-order valence-corrected chi connectivity index (χ2v) is 18.7. The summed E-state index contributed by atoms with van der Waals surface area (Å²) >= 11 is 0. The predicted octanol–water partition coefficient (Wildman–Crippen LogP) is 5.51. The molecule has 66 heavy (non-hydrogen) atoms. The molecule has 2 fully saturated rings. The minimum atomic E-state index is -0.881. The highest BCUT2D eigenvalue weighted by Crippen LogP contribution is 2.54. The third-order valence-corrected chi connectivity index (χ3v) is 14.7. The standard InChI is InChI=1S/C52H67N3O11/c1-30-24-37-36(7-6-32-8-12-54(13-9-32)17-21-66-23-22-63-3)50(61)45-39(60)26-35(29-58)42-41-34(28-57)25-38(53-27-33-10-14-55(15-11-33)16-20-65-19-5-18-56)44-47(41)48(43(37)46(42)45)49(40(30)31(2)59)52(64-4)51(44)62/h24-26,32-33,40,53,56-58,61H,5-23,27-29H2,1-4H3. The van der Waals surface area contributed by atoms with Gasteiger partial charge in [0.25, 0.3) is 0 Å². The summed E-state index contributed by atoms with van der Waals surface area (Å²) in [5, 5.41) is 51.1. The number of nitrogens with zero attached hydrogens (tertiary/aromatic N) is 2. The molecular formula is C52H67N3O11. The number of nitrogens with one attached hydrogen (secondary N) is 1. The number of anilines is 1. The van der Waals surface area contributed by atoms with Crippen LogP contribution >= 0.6 is 0 Å². The van der Waals surface area contributed by atoms with Crippen LogP contribution in [0.3, 0.4) is 0 Å². The zero-order valence-corrected chi connectivity index (χ0v) is 39.1. The number of phenols is 1. The average molecular weight is 910 g/mol. The number of aromatic hydroxyl groups is 1. The van der Waals surface area contributed by atoms with E-state index in [2.05, 4.69) is 15.1 Å². The molecule has 1 atom stereocenters. The fourth-order valence-corrected chi connectivity index (χ4v) is 11.3. The fraction of sp³-hybridized carbons (Fsp3) is 0.558. The normalized spacial score (nSPS) is 17.8. The van der Waals surface area contributed by atoms with Crippen molar-refractivity contribution in [3.8, 4) is 11.5 Å². The molecule has 1 aliphatic carbocycles. The first-order valence-corrected chi connectivity index (χ1v) is 23.9. The molecule has 0 spiro atoms. The number of rotatable bonds is 22. The average Bonchev–Trinajstić information content (AvgIpc) is 3.45. The van der Waals surface area contributed by atoms with Crippen molar-refractivity contribution in [2.24, 2.45) is 11.8 Å². The number of carbonyl (C=O) groups is 1. The molecule has 2 saturated heterocycles. The number of aliphatic hydroxyl groups excluding tert-OH is 3. The van der Waals surface area contributed by atoms with Crippen LogP contribution in [0.2, 0.25) is 0 Å². The second-order valence-electron chi connectivity index (χ2n) is 18.7. The minimum Gasteiger partial charge on any atom is -0.507 e. The first kappa shape index (κ1) is 48.0. The van der Waals surface area contributed by atoms with Gasteiger partial charge in [-0.25, -0.2) is 0 Å². The van der Waals surface area contributed by atoms with Gasteiger partial charge in [-0.15, -0.1) is 0 Å². The van der Waals surface area contributed by atoms with Crippen LogP contribution in [0.5, 0.6) is 11.5 Å². The molecule has 1 unspecified atom stereocenters. The van der Waals surface area contributed by atoms with Crippen LogP contribution in [0, 0.1) is 11.8 Å². The van der Waals surface area contributed by atoms with Gasteiger partial charge in [-0.3, -0.25) is 14.4 Å². The van der Waals surface area contributed by atoms with Crippen molar-refractivity contribution in [1.29, 1.82) is 0 Å². The molecule has 5 aromatic carbocycles. The van der Waals surface area contributed by atoms with Gasteiger partial charge in [0.2, 0.25) is 5.43 Å². The summed E-state index contributed by atoms with van der Waals surface area (Å²) in [5.41, 5.74) is 2.90. The lowest BCUT2D eigenvalue weighted by atomic mass is 9.78. The molecule has 3 aliphatic rings. The van der Waals surface area contributed by atoms with E-state index in [4.69, 9.17) is 24.1 Å². The highest BCUT2D eigenvalue weighted by Gasteiger charge is 2.37. The van der Waals surface area contributed by atoms with Gasteiger partial charge < -0.3 is 54.5 Å². The highest BCUT2D eigenvalue weighted by molar-refractivity contribution is 6.39. The van der Waals surface area contributed by atoms with Crippen LogP contribution < -0.4 is 20.9 Å². The van der Waals surface area contributed by atoms with Crippen LogP contribution in [-0.4, -0.2) is 136 Å². The number of ether oxygens (including phenoxy) is 4. The van der Waals surface area contributed by atoms with E-state index >= 15 is 4.79 Å². The molecule has 0 radical (unpaired) electrons. The number of fused-ring (bicyclic) bond motifs is 1. The van der Waals surface area contributed by atoms with Crippen LogP contribution in [0.1, 0.15) is 86.1 Å². The summed E-state index contributed by atoms with van der Waals surface area (Å²) in [6.07, 6.45) is 7.65. The van der Waals surface area contributed by atoms with Crippen molar-refractivity contribution >= 4 is 60.6 Å². The van der Waals surface area contributed by atoms with Gasteiger partial charge in [0.1, 0.15) is 11.5 Å². The molecule has 5 aromatic rings.